The molecule has 0 aliphatic carbocycles. The minimum absolute atomic E-state index is 0.230. The lowest BCUT2D eigenvalue weighted by Crippen LogP contribution is -2.35. The van der Waals surface area contributed by atoms with Crippen LogP contribution in [0, 0.1) is 0 Å². The van der Waals surface area contributed by atoms with E-state index < -0.39 is 10.0 Å². The molecule has 2 aromatic heterocycles. The predicted octanol–water partition coefficient (Wildman–Crippen LogP) is 4.25. The van der Waals surface area contributed by atoms with Crippen LogP contribution in [0.15, 0.2) is 73.7 Å². The summed E-state index contributed by atoms with van der Waals surface area (Å²) in [6, 6.07) is 16.2. The number of rotatable bonds is 7. The monoisotopic (exact) mass is 483 g/mol. The van der Waals surface area contributed by atoms with Gasteiger partial charge in [-0.05, 0) is 31.0 Å². The van der Waals surface area contributed by atoms with Crippen molar-refractivity contribution in [2.75, 3.05) is 13.1 Å². The molecule has 1 fully saturated rings. The Kier molecular flexibility index (Phi) is 6.25. The maximum Gasteiger partial charge on any atom is 0.277 e. The maximum absolute atomic E-state index is 13.0. The van der Waals surface area contributed by atoms with Crippen molar-refractivity contribution in [1.29, 1.82) is 0 Å². The smallest absolute Gasteiger partial charge is 0.277 e. The third kappa shape index (κ3) is 4.85. The summed E-state index contributed by atoms with van der Waals surface area (Å²) in [6.07, 6.45) is 2.83. The van der Waals surface area contributed by atoms with Crippen molar-refractivity contribution in [3.05, 3.63) is 60.5 Å². The summed E-state index contributed by atoms with van der Waals surface area (Å²) in [6.45, 7) is 1.10. The summed E-state index contributed by atoms with van der Waals surface area (Å²) in [5.74, 6) is 1.58. The number of piperidine rings is 1. The molecule has 0 N–H and O–H groups in total. The van der Waals surface area contributed by atoms with Crippen molar-refractivity contribution in [1.82, 2.24) is 24.6 Å². The van der Waals surface area contributed by atoms with Gasteiger partial charge in [0, 0.05) is 24.2 Å². The maximum atomic E-state index is 13.0. The zero-order chi connectivity index (χ0) is 22.7. The number of benzene rings is 2. The average Bonchev–Trinajstić information content (AvgIpc) is 3.54. The molecule has 0 atom stereocenters. The first-order chi connectivity index (χ1) is 16.1. The highest BCUT2D eigenvalue weighted by molar-refractivity contribution is 7.98. The molecule has 9 nitrogen and oxygen atoms in total. The molecule has 2 aromatic carbocycles. The summed E-state index contributed by atoms with van der Waals surface area (Å²) in [7, 11) is -3.54. The zero-order valence-electron chi connectivity index (χ0n) is 17.6. The molecule has 0 spiro atoms. The van der Waals surface area contributed by atoms with E-state index in [1.807, 2.05) is 30.3 Å². The second kappa shape index (κ2) is 9.46. The molecule has 0 bridgehead atoms. The van der Waals surface area contributed by atoms with E-state index in [1.165, 1.54) is 11.8 Å². The molecule has 5 rings (SSSR count). The van der Waals surface area contributed by atoms with Gasteiger partial charge in [-0.3, -0.25) is 0 Å². The molecule has 0 saturated carbocycles. The Morgan fingerprint density at radius 2 is 1.73 bits per heavy atom. The summed E-state index contributed by atoms with van der Waals surface area (Å²) >= 11 is 1.27. The minimum atomic E-state index is -3.54. The summed E-state index contributed by atoms with van der Waals surface area (Å²) in [4.78, 5) is 4.61. The molecule has 0 amide bonds. The van der Waals surface area contributed by atoms with Crippen LogP contribution >= 0.6 is 11.8 Å². The van der Waals surface area contributed by atoms with Gasteiger partial charge in [0.2, 0.25) is 27.6 Å². The fourth-order valence-electron chi connectivity index (χ4n) is 3.57. The van der Waals surface area contributed by atoms with Crippen molar-refractivity contribution in [3.8, 4) is 22.8 Å². The van der Waals surface area contributed by atoms with Gasteiger partial charge in [-0.2, -0.15) is 9.29 Å². The normalized spacial score (nSPS) is 15.0. The topological polar surface area (TPSA) is 115 Å². The Morgan fingerprint density at radius 1 is 0.939 bits per heavy atom. The van der Waals surface area contributed by atoms with E-state index in [9.17, 15) is 8.42 Å². The van der Waals surface area contributed by atoms with Crippen LogP contribution in [0.5, 0.6) is 0 Å². The molecule has 170 valence electrons. The SMILES string of the molecule is O=S(=O)(c1cccc(-c2nnc(SCc3nc(-c4ccccc4)no3)o2)c1)N1CCCCC1. The van der Waals surface area contributed by atoms with Crippen molar-refractivity contribution in [3.63, 3.8) is 0 Å². The van der Waals surface area contributed by atoms with Gasteiger partial charge in [0.05, 0.1) is 10.6 Å². The lowest BCUT2D eigenvalue weighted by molar-refractivity contribution is 0.346. The highest BCUT2D eigenvalue weighted by Crippen LogP contribution is 2.28. The van der Waals surface area contributed by atoms with Crippen LogP contribution in [-0.2, 0) is 15.8 Å². The van der Waals surface area contributed by atoms with E-state index in [4.69, 9.17) is 8.94 Å². The van der Waals surface area contributed by atoms with Crippen molar-refractivity contribution in [2.24, 2.45) is 0 Å². The van der Waals surface area contributed by atoms with Crippen molar-refractivity contribution >= 4 is 21.8 Å². The standard InChI is InChI=1S/C22H21N5O4S2/c28-33(29,27-12-5-2-6-13-27)18-11-7-10-17(14-18)21-24-25-22(30-21)32-15-19-23-20(26-31-19)16-8-3-1-4-9-16/h1,3-4,7-11,14H,2,5-6,12-13,15H2. The fourth-order valence-corrected chi connectivity index (χ4v) is 5.73. The van der Waals surface area contributed by atoms with Gasteiger partial charge in [0.15, 0.2) is 0 Å². The second-order valence-electron chi connectivity index (χ2n) is 7.53. The first-order valence-corrected chi connectivity index (χ1v) is 13.0. The van der Waals surface area contributed by atoms with E-state index in [2.05, 4.69) is 20.3 Å². The summed E-state index contributed by atoms with van der Waals surface area (Å²) in [5, 5.41) is 12.4. The van der Waals surface area contributed by atoms with Gasteiger partial charge in [0.25, 0.3) is 5.22 Å². The lowest BCUT2D eigenvalue weighted by atomic mass is 10.2. The van der Waals surface area contributed by atoms with Gasteiger partial charge in [0.1, 0.15) is 0 Å². The van der Waals surface area contributed by atoms with Gasteiger partial charge in [-0.25, -0.2) is 8.42 Å². The molecule has 1 saturated heterocycles. The Labute approximate surface area is 195 Å². The number of hydrogen-bond acceptors (Lipinski definition) is 9. The molecule has 1 aliphatic rings. The molecule has 11 heteroatoms. The average molecular weight is 484 g/mol. The first-order valence-electron chi connectivity index (χ1n) is 10.5. The van der Waals surface area contributed by atoms with E-state index in [0.717, 1.165) is 24.8 Å². The molecule has 4 aromatic rings. The number of hydrogen-bond donors (Lipinski definition) is 0. The van der Waals surface area contributed by atoms with Gasteiger partial charge < -0.3 is 8.94 Å². The summed E-state index contributed by atoms with van der Waals surface area (Å²) < 4.78 is 38.5. The third-order valence-electron chi connectivity index (χ3n) is 5.26. The quantitative estimate of drug-likeness (QED) is 0.356. The predicted molar refractivity (Wildman–Crippen MR) is 122 cm³/mol. The molecule has 0 unspecified atom stereocenters. The van der Waals surface area contributed by atoms with Crippen LogP contribution in [0.2, 0.25) is 0 Å². The van der Waals surface area contributed by atoms with Crippen LogP contribution in [0.3, 0.4) is 0 Å². The Morgan fingerprint density at radius 3 is 2.55 bits per heavy atom. The largest absolute Gasteiger partial charge is 0.411 e. The van der Waals surface area contributed by atoms with Crippen LogP contribution in [-0.4, -0.2) is 46.2 Å². The van der Waals surface area contributed by atoms with Crippen LogP contribution in [0.25, 0.3) is 22.8 Å². The highest BCUT2D eigenvalue weighted by atomic mass is 32.2. The number of sulfonamides is 1. The fraction of sp³-hybridized carbons (Fsp3) is 0.273. The van der Waals surface area contributed by atoms with Crippen molar-refractivity contribution < 1.29 is 17.4 Å². The minimum Gasteiger partial charge on any atom is -0.411 e. The van der Waals surface area contributed by atoms with E-state index >= 15 is 0 Å². The molecule has 3 heterocycles. The third-order valence-corrected chi connectivity index (χ3v) is 7.96. The Hall–Kier alpha value is -3.02. The van der Waals surface area contributed by atoms with Crippen LogP contribution < -0.4 is 0 Å². The van der Waals surface area contributed by atoms with E-state index in [1.54, 1.807) is 28.6 Å². The molecule has 1 aliphatic heterocycles. The molecule has 33 heavy (non-hydrogen) atoms. The Bertz CT molecular complexity index is 1330. The Balaban J connectivity index is 1.27. The number of nitrogens with zero attached hydrogens (tertiary/aromatic N) is 5. The van der Waals surface area contributed by atoms with Crippen LogP contribution in [0.4, 0.5) is 0 Å². The second-order valence-corrected chi connectivity index (χ2v) is 10.4. The first kappa shape index (κ1) is 21.8. The highest BCUT2D eigenvalue weighted by Gasteiger charge is 2.26. The zero-order valence-corrected chi connectivity index (χ0v) is 19.3. The summed E-state index contributed by atoms with van der Waals surface area (Å²) in [5.41, 5.74) is 1.42. The van der Waals surface area contributed by atoms with Gasteiger partial charge >= 0.3 is 0 Å². The van der Waals surface area contributed by atoms with Gasteiger partial charge in [-0.15, -0.1) is 10.2 Å². The molecular formula is C22H21N5O4S2. The lowest BCUT2D eigenvalue weighted by Gasteiger charge is -2.25. The van der Waals surface area contributed by atoms with E-state index in [0.29, 0.717) is 41.3 Å². The molecule has 0 radical (unpaired) electrons. The molecular weight excluding hydrogens is 462 g/mol. The van der Waals surface area contributed by atoms with Crippen molar-refractivity contribution in [2.45, 2.75) is 35.1 Å². The van der Waals surface area contributed by atoms with Crippen LogP contribution in [0.1, 0.15) is 25.2 Å². The number of aromatic nitrogens is 4. The van der Waals surface area contributed by atoms with Gasteiger partial charge in [-0.1, -0.05) is 59.7 Å². The number of thioether (sulfide) groups is 1. The van der Waals surface area contributed by atoms with E-state index in [-0.39, 0.29) is 10.8 Å².